The zero-order valence-electron chi connectivity index (χ0n) is 12.1. The third kappa shape index (κ3) is 3.14. The number of rotatable bonds is 5. The third-order valence-electron chi connectivity index (χ3n) is 4.35. The molecular weight excluding hydrogens is 218 g/mol. The van der Waals surface area contributed by atoms with E-state index in [9.17, 15) is 0 Å². The maximum atomic E-state index is 3.71. The molecule has 3 unspecified atom stereocenters. The van der Waals surface area contributed by atoms with Gasteiger partial charge in [-0.1, -0.05) is 51.5 Å². The smallest absolute Gasteiger partial charge is 0.0348 e. The molecule has 1 fully saturated rings. The van der Waals surface area contributed by atoms with Crippen LogP contribution in [0, 0.1) is 11.8 Å². The van der Waals surface area contributed by atoms with Crippen molar-refractivity contribution in [2.45, 2.75) is 52.5 Å². The number of hydrogen-bond acceptors (Lipinski definition) is 1. The first-order chi connectivity index (χ1) is 8.74. The molecule has 1 saturated carbocycles. The highest BCUT2D eigenvalue weighted by atomic mass is 14.9. The normalized spacial score (nSPS) is 25.3. The van der Waals surface area contributed by atoms with Gasteiger partial charge in [-0.25, -0.2) is 0 Å². The van der Waals surface area contributed by atoms with E-state index in [0.717, 1.165) is 24.8 Å². The van der Waals surface area contributed by atoms with E-state index < -0.39 is 0 Å². The highest BCUT2D eigenvalue weighted by molar-refractivity contribution is 5.26. The molecule has 1 N–H and O–H groups in total. The van der Waals surface area contributed by atoms with Crippen LogP contribution in [0.1, 0.15) is 57.2 Å². The minimum absolute atomic E-state index is 0.562. The molecule has 1 heteroatoms. The lowest BCUT2D eigenvalue weighted by Crippen LogP contribution is -2.27. The Hall–Kier alpha value is -0.820. The summed E-state index contributed by atoms with van der Waals surface area (Å²) >= 11 is 0. The second-order valence-corrected chi connectivity index (χ2v) is 5.81. The second-order valence-electron chi connectivity index (χ2n) is 5.81. The standard InChI is InChI=1S/C17H27N/c1-4-14-7-6-8-15(12-14)17(18-5-2)16-10-9-13(3)11-16/h6-8,12-13,16-18H,4-5,9-11H2,1-3H3. The van der Waals surface area contributed by atoms with Gasteiger partial charge in [-0.2, -0.15) is 0 Å². The van der Waals surface area contributed by atoms with Gasteiger partial charge in [-0.05, 0) is 48.8 Å². The summed E-state index contributed by atoms with van der Waals surface area (Å²) in [7, 11) is 0. The Bertz CT molecular complexity index is 372. The molecule has 0 heterocycles. The fourth-order valence-corrected chi connectivity index (χ4v) is 3.34. The number of hydrogen-bond donors (Lipinski definition) is 1. The number of aryl methyl sites for hydroxylation is 1. The van der Waals surface area contributed by atoms with Crippen molar-refractivity contribution in [3.63, 3.8) is 0 Å². The molecular formula is C17H27N. The average Bonchev–Trinajstić information content (AvgIpc) is 2.82. The topological polar surface area (TPSA) is 12.0 Å². The summed E-state index contributed by atoms with van der Waals surface area (Å²) in [4.78, 5) is 0. The Balaban J connectivity index is 2.17. The summed E-state index contributed by atoms with van der Waals surface area (Å²) in [6, 6.07) is 9.72. The summed E-state index contributed by atoms with van der Waals surface area (Å²) in [6.07, 6.45) is 5.30. The lowest BCUT2D eigenvalue weighted by molar-refractivity contribution is 0.365. The van der Waals surface area contributed by atoms with Crippen LogP contribution in [-0.4, -0.2) is 6.54 Å². The van der Waals surface area contributed by atoms with E-state index in [4.69, 9.17) is 0 Å². The van der Waals surface area contributed by atoms with E-state index in [0.29, 0.717) is 6.04 Å². The van der Waals surface area contributed by atoms with Crippen molar-refractivity contribution >= 4 is 0 Å². The molecule has 1 aliphatic rings. The molecule has 1 aromatic carbocycles. The lowest BCUT2D eigenvalue weighted by atomic mass is 9.90. The molecule has 1 nitrogen and oxygen atoms in total. The second kappa shape index (κ2) is 6.38. The summed E-state index contributed by atoms with van der Waals surface area (Å²) in [5.74, 6) is 1.73. The van der Waals surface area contributed by atoms with E-state index in [-0.39, 0.29) is 0 Å². The fourth-order valence-electron chi connectivity index (χ4n) is 3.34. The Labute approximate surface area is 112 Å². The first kappa shape index (κ1) is 13.6. The van der Waals surface area contributed by atoms with Gasteiger partial charge in [-0.3, -0.25) is 0 Å². The quantitative estimate of drug-likeness (QED) is 0.814. The van der Waals surface area contributed by atoms with Crippen LogP contribution in [0.15, 0.2) is 24.3 Å². The number of nitrogens with one attached hydrogen (secondary N) is 1. The van der Waals surface area contributed by atoms with Crippen LogP contribution in [0.3, 0.4) is 0 Å². The van der Waals surface area contributed by atoms with E-state index in [1.165, 1.54) is 30.4 Å². The van der Waals surface area contributed by atoms with Gasteiger partial charge in [0.15, 0.2) is 0 Å². The van der Waals surface area contributed by atoms with Gasteiger partial charge in [0.05, 0.1) is 0 Å². The minimum Gasteiger partial charge on any atom is -0.310 e. The van der Waals surface area contributed by atoms with Gasteiger partial charge in [0.1, 0.15) is 0 Å². The van der Waals surface area contributed by atoms with Crippen molar-refractivity contribution in [1.82, 2.24) is 5.32 Å². The lowest BCUT2D eigenvalue weighted by Gasteiger charge is -2.25. The van der Waals surface area contributed by atoms with Crippen molar-refractivity contribution in [3.05, 3.63) is 35.4 Å². The summed E-state index contributed by atoms with van der Waals surface area (Å²) in [5, 5.41) is 3.71. The summed E-state index contributed by atoms with van der Waals surface area (Å²) in [5.41, 5.74) is 2.96. The van der Waals surface area contributed by atoms with E-state index >= 15 is 0 Å². The molecule has 0 radical (unpaired) electrons. The van der Waals surface area contributed by atoms with Gasteiger partial charge >= 0.3 is 0 Å². The van der Waals surface area contributed by atoms with Crippen LogP contribution in [-0.2, 0) is 6.42 Å². The largest absolute Gasteiger partial charge is 0.310 e. The van der Waals surface area contributed by atoms with Crippen LogP contribution >= 0.6 is 0 Å². The highest BCUT2D eigenvalue weighted by Crippen LogP contribution is 2.39. The maximum absolute atomic E-state index is 3.71. The van der Waals surface area contributed by atoms with Gasteiger partial charge in [-0.15, -0.1) is 0 Å². The third-order valence-corrected chi connectivity index (χ3v) is 4.35. The Morgan fingerprint density at radius 2 is 2.11 bits per heavy atom. The van der Waals surface area contributed by atoms with Crippen LogP contribution in [0.2, 0.25) is 0 Å². The molecule has 0 spiro atoms. The molecule has 1 aromatic rings. The molecule has 3 atom stereocenters. The Morgan fingerprint density at radius 1 is 1.28 bits per heavy atom. The van der Waals surface area contributed by atoms with Gasteiger partial charge in [0.25, 0.3) is 0 Å². The minimum atomic E-state index is 0.562. The zero-order chi connectivity index (χ0) is 13.0. The van der Waals surface area contributed by atoms with E-state index in [1.54, 1.807) is 0 Å². The van der Waals surface area contributed by atoms with Crippen LogP contribution in [0.25, 0.3) is 0 Å². The van der Waals surface area contributed by atoms with Crippen molar-refractivity contribution in [3.8, 4) is 0 Å². The molecule has 2 rings (SSSR count). The molecule has 0 saturated heterocycles. The summed E-state index contributed by atoms with van der Waals surface area (Å²) in [6.45, 7) is 7.91. The van der Waals surface area contributed by atoms with E-state index in [2.05, 4.69) is 50.4 Å². The highest BCUT2D eigenvalue weighted by Gasteiger charge is 2.29. The molecule has 18 heavy (non-hydrogen) atoms. The van der Waals surface area contributed by atoms with Crippen LogP contribution in [0.4, 0.5) is 0 Å². The first-order valence-corrected chi connectivity index (χ1v) is 7.56. The Morgan fingerprint density at radius 3 is 2.72 bits per heavy atom. The predicted octanol–water partition coefficient (Wildman–Crippen LogP) is 4.34. The Kier molecular flexibility index (Phi) is 4.82. The maximum Gasteiger partial charge on any atom is 0.0348 e. The van der Waals surface area contributed by atoms with Crippen molar-refractivity contribution < 1.29 is 0 Å². The first-order valence-electron chi connectivity index (χ1n) is 7.56. The van der Waals surface area contributed by atoms with Crippen LogP contribution < -0.4 is 5.32 Å². The van der Waals surface area contributed by atoms with Crippen molar-refractivity contribution in [2.24, 2.45) is 11.8 Å². The molecule has 0 aliphatic heterocycles. The van der Waals surface area contributed by atoms with Crippen molar-refractivity contribution in [1.29, 1.82) is 0 Å². The molecule has 0 aromatic heterocycles. The SMILES string of the molecule is CCNC(c1cccc(CC)c1)C1CCC(C)C1. The molecule has 1 aliphatic carbocycles. The number of benzene rings is 1. The average molecular weight is 245 g/mol. The zero-order valence-corrected chi connectivity index (χ0v) is 12.1. The van der Waals surface area contributed by atoms with Gasteiger partial charge < -0.3 is 5.32 Å². The van der Waals surface area contributed by atoms with Gasteiger partial charge in [0, 0.05) is 6.04 Å². The molecule has 0 bridgehead atoms. The fraction of sp³-hybridized carbons (Fsp3) is 0.647. The summed E-state index contributed by atoms with van der Waals surface area (Å²) < 4.78 is 0. The molecule has 0 amide bonds. The van der Waals surface area contributed by atoms with E-state index in [1.807, 2.05) is 0 Å². The van der Waals surface area contributed by atoms with Gasteiger partial charge in [0.2, 0.25) is 0 Å². The monoisotopic (exact) mass is 245 g/mol. The predicted molar refractivity (Wildman–Crippen MR) is 78.7 cm³/mol. The van der Waals surface area contributed by atoms with Crippen LogP contribution in [0.5, 0.6) is 0 Å². The van der Waals surface area contributed by atoms with Crippen molar-refractivity contribution in [2.75, 3.05) is 6.54 Å². The molecule has 100 valence electrons.